The quantitative estimate of drug-likeness (QED) is 0.768. The van der Waals surface area contributed by atoms with Crippen LogP contribution in [0.4, 0.5) is 5.82 Å². The minimum Gasteiger partial charge on any atom is -0.358 e. The largest absolute Gasteiger partial charge is 0.358 e. The van der Waals surface area contributed by atoms with Crippen molar-refractivity contribution in [3.63, 3.8) is 0 Å². The van der Waals surface area contributed by atoms with Crippen molar-refractivity contribution in [2.45, 2.75) is 6.85 Å². The molecule has 0 radical (unpaired) electrons. The molecule has 0 amide bonds. The summed E-state index contributed by atoms with van der Waals surface area (Å²) in [6.07, 6.45) is 0. The molecule has 4 heteroatoms. The molecule has 0 unspecified atom stereocenters. The van der Waals surface area contributed by atoms with Gasteiger partial charge in [0, 0.05) is 24.4 Å². The highest BCUT2D eigenvalue weighted by Gasteiger charge is 1.98. The van der Waals surface area contributed by atoms with Crippen LogP contribution in [0.3, 0.4) is 0 Å². The van der Waals surface area contributed by atoms with Crippen molar-refractivity contribution in [1.29, 1.82) is 0 Å². The van der Waals surface area contributed by atoms with Crippen LogP contribution in [0.25, 0.3) is 0 Å². The van der Waals surface area contributed by atoms with E-state index in [2.05, 4.69) is 26.1 Å². The number of hydrogen-bond donors (Lipinski definition) is 0. The normalized spacial score (nSPS) is 26.6. The summed E-state index contributed by atoms with van der Waals surface area (Å²) in [4.78, 5) is -0.118. The van der Waals surface area contributed by atoms with Gasteiger partial charge in [-0.15, -0.1) is 10.2 Å². The molecule has 3 nitrogen and oxygen atoms in total. The van der Waals surface area contributed by atoms with Crippen LogP contribution < -0.4 is 4.90 Å². The van der Waals surface area contributed by atoms with Crippen LogP contribution in [0.2, 0.25) is 0 Å². The summed E-state index contributed by atoms with van der Waals surface area (Å²) in [5, 5.41) is 6.74. The summed E-state index contributed by atoms with van der Waals surface area (Å²) in [6, 6.07) is -1.28. The van der Waals surface area contributed by atoms with Gasteiger partial charge in [-0.2, -0.15) is 0 Å². The molecule has 1 aromatic rings. The molecule has 1 rings (SSSR count). The van der Waals surface area contributed by atoms with Gasteiger partial charge in [-0.25, -0.2) is 0 Å². The summed E-state index contributed by atoms with van der Waals surface area (Å²) in [6.45, 7) is -9.88. The first-order valence-corrected chi connectivity index (χ1v) is 3.30. The molecule has 0 spiro atoms. The van der Waals surface area contributed by atoms with Gasteiger partial charge in [0.05, 0.1) is 2.74 Å². The van der Waals surface area contributed by atoms with Crippen LogP contribution >= 0.6 is 15.9 Å². The van der Waals surface area contributed by atoms with Gasteiger partial charge in [-0.1, -0.05) is 0 Å². The SMILES string of the molecule is [2H]c1c(Br)nnc(N(C([2H])([2H])[2H])C([2H])([2H])C([2H])([2H])[2H])c1[2H]. The molecule has 0 aliphatic carbocycles. The summed E-state index contributed by atoms with van der Waals surface area (Å²) >= 11 is 2.82. The minimum atomic E-state index is -3.33. The van der Waals surface area contributed by atoms with Crippen molar-refractivity contribution in [3.8, 4) is 0 Å². The fourth-order valence-corrected chi connectivity index (χ4v) is 0.581. The Balaban J connectivity index is 3.60. The second-order valence-corrected chi connectivity index (χ2v) is 2.26. The third-order valence-electron chi connectivity index (χ3n) is 0.834. The molecule has 0 atom stereocenters. The van der Waals surface area contributed by atoms with Gasteiger partial charge in [0.1, 0.15) is 4.60 Å². The van der Waals surface area contributed by atoms with Crippen LogP contribution in [-0.2, 0) is 0 Å². The van der Waals surface area contributed by atoms with Crippen LogP contribution in [0.1, 0.15) is 20.6 Å². The number of halogens is 1. The number of rotatable bonds is 2. The molecule has 0 saturated carbocycles. The van der Waals surface area contributed by atoms with Gasteiger partial charge in [0.25, 0.3) is 0 Å². The van der Waals surface area contributed by atoms with E-state index in [0.29, 0.717) is 0 Å². The fraction of sp³-hybridized carbons (Fsp3) is 0.429. The van der Waals surface area contributed by atoms with E-state index in [1.165, 1.54) is 0 Å². The predicted molar refractivity (Wildman–Crippen MR) is 48.7 cm³/mol. The van der Waals surface area contributed by atoms with E-state index in [0.717, 1.165) is 0 Å². The van der Waals surface area contributed by atoms with Gasteiger partial charge in [-0.3, -0.25) is 0 Å². The molecule has 1 heterocycles. The molecule has 0 saturated heterocycles. The van der Waals surface area contributed by atoms with Gasteiger partial charge in [0.2, 0.25) is 0 Å². The highest BCUT2D eigenvalue weighted by Crippen LogP contribution is 2.09. The standard InChI is InChI=1S/C7H10BrN3/c1-3-11(2)7-5-4-6(8)9-10-7/h4-5H,3H2,1-2H3/i1D3,2D3,3D2,4D,5D. The molecular formula is C7H10BrN3. The molecule has 0 aliphatic heterocycles. The first-order chi connectivity index (χ1) is 9.21. The zero-order chi connectivity index (χ0) is 16.8. The highest BCUT2D eigenvalue weighted by atomic mass is 79.9. The average Bonchev–Trinajstić information content (AvgIpc) is 2.26. The maximum absolute atomic E-state index is 7.67. The van der Waals surface area contributed by atoms with Crippen LogP contribution in [0.5, 0.6) is 0 Å². The fourth-order valence-electron chi connectivity index (χ4n) is 0.402. The third-order valence-corrected chi connectivity index (χ3v) is 1.19. The summed E-state index contributed by atoms with van der Waals surface area (Å²) in [5.41, 5.74) is 0. The Morgan fingerprint density at radius 1 is 1.82 bits per heavy atom. The topological polar surface area (TPSA) is 29.0 Å². The zero-order valence-corrected chi connectivity index (χ0v) is 6.81. The van der Waals surface area contributed by atoms with E-state index in [1.807, 2.05) is 0 Å². The van der Waals surface area contributed by atoms with Crippen molar-refractivity contribution in [2.24, 2.45) is 0 Å². The molecule has 0 fully saturated rings. The monoisotopic (exact) mass is 225 g/mol. The Kier molecular flexibility index (Phi) is 0.730. The van der Waals surface area contributed by atoms with Crippen molar-refractivity contribution in [1.82, 2.24) is 10.2 Å². The summed E-state index contributed by atoms with van der Waals surface area (Å²) < 4.78 is 73.7. The molecule has 1 aromatic heterocycles. The number of anilines is 1. The van der Waals surface area contributed by atoms with E-state index >= 15 is 0 Å². The van der Waals surface area contributed by atoms with E-state index in [-0.39, 0.29) is 9.50 Å². The van der Waals surface area contributed by atoms with Crippen molar-refractivity contribution in [2.75, 3.05) is 18.4 Å². The zero-order valence-electron chi connectivity index (χ0n) is 15.2. The average molecular weight is 226 g/mol. The number of nitrogens with zero attached hydrogens (tertiary/aromatic N) is 3. The lowest BCUT2D eigenvalue weighted by atomic mass is 10.5. The minimum absolute atomic E-state index is 0.118. The van der Waals surface area contributed by atoms with Gasteiger partial charge < -0.3 is 4.90 Å². The molecule has 0 aliphatic rings. The van der Waals surface area contributed by atoms with Crippen LogP contribution in [0, 0.1) is 0 Å². The Morgan fingerprint density at radius 2 is 2.73 bits per heavy atom. The lowest BCUT2D eigenvalue weighted by Crippen LogP contribution is -2.17. The Bertz CT molecular complexity index is 539. The van der Waals surface area contributed by atoms with Crippen molar-refractivity contribution < 1.29 is 13.7 Å². The van der Waals surface area contributed by atoms with Crippen molar-refractivity contribution >= 4 is 21.7 Å². The van der Waals surface area contributed by atoms with E-state index in [9.17, 15) is 0 Å². The lowest BCUT2D eigenvalue weighted by molar-refractivity contribution is 0.889. The second kappa shape index (κ2) is 3.67. The second-order valence-electron chi connectivity index (χ2n) is 1.51. The molecule has 0 bridgehead atoms. The van der Waals surface area contributed by atoms with Crippen LogP contribution in [-0.4, -0.2) is 23.7 Å². The summed E-state index contributed by atoms with van der Waals surface area (Å²) in [7, 11) is 0. The smallest absolute Gasteiger partial charge is 0.151 e. The van der Waals surface area contributed by atoms with Crippen molar-refractivity contribution in [3.05, 3.63) is 16.7 Å². The summed E-state index contributed by atoms with van der Waals surface area (Å²) in [5.74, 6) is -0.843. The lowest BCUT2D eigenvalue weighted by Gasteiger charge is -2.13. The molecule has 0 aromatic carbocycles. The van der Waals surface area contributed by atoms with E-state index < -0.39 is 38.2 Å². The first kappa shape index (κ1) is 2.19. The Labute approximate surface area is 88.6 Å². The predicted octanol–water partition coefficient (Wildman–Crippen LogP) is 1.70. The van der Waals surface area contributed by atoms with Gasteiger partial charge >= 0.3 is 0 Å². The van der Waals surface area contributed by atoms with E-state index in [4.69, 9.17) is 13.7 Å². The molecule has 11 heavy (non-hydrogen) atoms. The first-order valence-electron chi connectivity index (χ1n) is 7.51. The highest BCUT2D eigenvalue weighted by molar-refractivity contribution is 9.10. The molecule has 0 N–H and O–H groups in total. The molecule has 60 valence electrons. The third kappa shape index (κ3) is 2.15. The molecular weight excluding hydrogens is 206 g/mol. The number of hydrogen-bond acceptors (Lipinski definition) is 3. The number of aromatic nitrogens is 2. The maximum Gasteiger partial charge on any atom is 0.151 e. The van der Waals surface area contributed by atoms with Crippen LogP contribution in [0.15, 0.2) is 16.7 Å². The Hall–Kier alpha value is -0.640. The van der Waals surface area contributed by atoms with Gasteiger partial charge in [-0.05, 0) is 34.9 Å². The van der Waals surface area contributed by atoms with E-state index in [1.54, 1.807) is 0 Å². The van der Waals surface area contributed by atoms with Gasteiger partial charge in [0.15, 0.2) is 5.82 Å². The Morgan fingerprint density at radius 3 is 3.45 bits per heavy atom. The maximum atomic E-state index is 7.67.